The van der Waals surface area contributed by atoms with Gasteiger partial charge in [-0.25, -0.2) is 4.57 Å². The predicted octanol–water partition coefficient (Wildman–Crippen LogP) is 5.07. The van der Waals surface area contributed by atoms with Crippen LogP contribution in [0.3, 0.4) is 0 Å². The van der Waals surface area contributed by atoms with Crippen LogP contribution < -0.4 is 4.57 Å². The van der Waals surface area contributed by atoms with Gasteiger partial charge in [0.05, 0.1) is 5.39 Å². The van der Waals surface area contributed by atoms with E-state index in [4.69, 9.17) is 0 Å². The van der Waals surface area contributed by atoms with Crippen molar-refractivity contribution in [2.24, 2.45) is 7.05 Å². The van der Waals surface area contributed by atoms with Gasteiger partial charge < -0.3 is 0 Å². The van der Waals surface area contributed by atoms with Crippen molar-refractivity contribution in [2.75, 3.05) is 0 Å². The van der Waals surface area contributed by atoms with E-state index >= 15 is 0 Å². The van der Waals surface area contributed by atoms with Crippen LogP contribution in [0.1, 0.15) is 36.5 Å². The highest BCUT2D eigenvalue weighted by molar-refractivity contribution is 5.94. The van der Waals surface area contributed by atoms with Crippen molar-refractivity contribution >= 4 is 10.8 Å². The van der Waals surface area contributed by atoms with Gasteiger partial charge in [-0.3, -0.25) is 0 Å². The van der Waals surface area contributed by atoms with Crippen molar-refractivity contribution in [2.45, 2.75) is 33.6 Å². The average Bonchev–Trinajstić information content (AvgIpc) is 2.49. The summed E-state index contributed by atoms with van der Waals surface area (Å²) >= 11 is 0. The number of aryl methyl sites for hydroxylation is 3. The van der Waals surface area contributed by atoms with Crippen molar-refractivity contribution < 1.29 is 4.57 Å². The minimum atomic E-state index is 0.558. The first kappa shape index (κ1) is 14.8. The van der Waals surface area contributed by atoms with Gasteiger partial charge in [0, 0.05) is 11.6 Å². The molecule has 1 heteroatoms. The van der Waals surface area contributed by atoms with E-state index in [1.54, 1.807) is 0 Å². The van der Waals surface area contributed by atoms with E-state index in [0.29, 0.717) is 5.92 Å². The van der Waals surface area contributed by atoms with Gasteiger partial charge in [0.1, 0.15) is 7.05 Å². The van der Waals surface area contributed by atoms with Crippen molar-refractivity contribution in [1.82, 2.24) is 0 Å². The molecular weight excluding hydrogens is 266 g/mol. The van der Waals surface area contributed by atoms with Crippen LogP contribution in [0.4, 0.5) is 0 Å². The highest BCUT2D eigenvalue weighted by Crippen LogP contribution is 2.30. The Kier molecular flexibility index (Phi) is 3.74. The first-order valence-electron chi connectivity index (χ1n) is 7.97. The standard InChI is InChI=1S/C21H24N/c1-14(2)17-8-9-19-18(13-17)10-11-22(5)21(19)20-12-15(3)6-7-16(20)4/h6-14H,1-5H3/q+1. The van der Waals surface area contributed by atoms with E-state index in [2.05, 4.69) is 88.0 Å². The van der Waals surface area contributed by atoms with Crippen molar-refractivity contribution in [3.05, 3.63) is 65.4 Å². The monoisotopic (exact) mass is 290 g/mol. The molecule has 0 aliphatic carbocycles. The highest BCUT2D eigenvalue weighted by Gasteiger charge is 2.17. The SMILES string of the molecule is Cc1ccc(C)c(-c2c3ccc(C(C)C)cc3cc[n+]2C)c1. The lowest BCUT2D eigenvalue weighted by atomic mass is 9.95. The molecule has 22 heavy (non-hydrogen) atoms. The van der Waals surface area contributed by atoms with E-state index in [0.717, 1.165) is 0 Å². The maximum absolute atomic E-state index is 2.33. The Hall–Kier alpha value is -2.15. The topological polar surface area (TPSA) is 3.88 Å². The number of pyridine rings is 1. The molecule has 3 rings (SSSR count). The number of rotatable bonds is 2. The van der Waals surface area contributed by atoms with Crippen molar-refractivity contribution in [1.29, 1.82) is 0 Å². The van der Waals surface area contributed by atoms with Gasteiger partial charge in [0.15, 0.2) is 6.20 Å². The molecule has 112 valence electrons. The maximum atomic E-state index is 2.33. The Morgan fingerprint density at radius 2 is 1.68 bits per heavy atom. The molecule has 0 atom stereocenters. The van der Waals surface area contributed by atoms with Crippen LogP contribution in [-0.4, -0.2) is 0 Å². The fourth-order valence-electron chi connectivity index (χ4n) is 3.08. The summed E-state index contributed by atoms with van der Waals surface area (Å²) in [5.74, 6) is 0.558. The van der Waals surface area contributed by atoms with E-state index in [1.165, 1.54) is 38.7 Å². The summed E-state index contributed by atoms with van der Waals surface area (Å²) in [7, 11) is 2.13. The molecule has 0 N–H and O–H groups in total. The number of hydrogen-bond acceptors (Lipinski definition) is 0. The summed E-state index contributed by atoms with van der Waals surface area (Å²) in [5, 5.41) is 2.64. The zero-order valence-corrected chi connectivity index (χ0v) is 14.1. The van der Waals surface area contributed by atoms with Crippen molar-refractivity contribution in [3.8, 4) is 11.3 Å². The summed E-state index contributed by atoms with van der Waals surface area (Å²) in [5.41, 5.74) is 6.64. The average molecular weight is 290 g/mol. The molecule has 0 aliphatic rings. The molecule has 0 amide bonds. The zero-order chi connectivity index (χ0) is 15.9. The Labute approximate surface area is 133 Å². The van der Waals surface area contributed by atoms with Gasteiger partial charge in [-0.15, -0.1) is 0 Å². The Balaban J connectivity index is 2.33. The van der Waals surface area contributed by atoms with Crippen LogP contribution in [0, 0.1) is 13.8 Å². The van der Waals surface area contributed by atoms with Crippen LogP contribution in [0.5, 0.6) is 0 Å². The molecule has 0 radical (unpaired) electrons. The fourth-order valence-corrected chi connectivity index (χ4v) is 3.08. The van der Waals surface area contributed by atoms with E-state index < -0.39 is 0 Å². The minimum Gasteiger partial charge on any atom is -0.200 e. The smallest absolute Gasteiger partial charge is 0.200 e. The fraction of sp³-hybridized carbons (Fsp3) is 0.286. The maximum Gasteiger partial charge on any atom is 0.220 e. The van der Waals surface area contributed by atoms with E-state index in [1.807, 2.05) is 0 Å². The second kappa shape index (κ2) is 5.57. The zero-order valence-electron chi connectivity index (χ0n) is 14.1. The van der Waals surface area contributed by atoms with Crippen LogP contribution in [0.15, 0.2) is 48.7 Å². The van der Waals surface area contributed by atoms with Gasteiger partial charge in [-0.2, -0.15) is 0 Å². The first-order chi connectivity index (χ1) is 10.5. The summed E-state index contributed by atoms with van der Waals surface area (Å²) in [6.45, 7) is 8.84. The second-order valence-electron chi connectivity index (χ2n) is 6.60. The molecule has 1 aromatic heterocycles. The predicted molar refractivity (Wildman–Crippen MR) is 94.1 cm³/mol. The third-order valence-corrected chi connectivity index (χ3v) is 4.48. The Bertz CT molecular complexity index is 844. The number of aromatic nitrogens is 1. The van der Waals surface area contributed by atoms with Gasteiger partial charge in [-0.1, -0.05) is 43.7 Å². The number of fused-ring (bicyclic) bond motifs is 1. The first-order valence-corrected chi connectivity index (χ1v) is 7.97. The highest BCUT2D eigenvalue weighted by atomic mass is 14.9. The van der Waals surface area contributed by atoms with Gasteiger partial charge in [-0.05, 0) is 48.4 Å². The molecule has 2 aromatic carbocycles. The molecule has 0 unspecified atom stereocenters. The van der Waals surface area contributed by atoms with Crippen LogP contribution in [0.2, 0.25) is 0 Å². The molecule has 0 spiro atoms. The Morgan fingerprint density at radius 1 is 0.909 bits per heavy atom. The molecule has 3 aromatic rings. The normalized spacial score (nSPS) is 11.4. The van der Waals surface area contributed by atoms with Crippen LogP contribution >= 0.6 is 0 Å². The lowest BCUT2D eigenvalue weighted by Crippen LogP contribution is -2.30. The van der Waals surface area contributed by atoms with E-state index in [9.17, 15) is 0 Å². The van der Waals surface area contributed by atoms with E-state index in [-0.39, 0.29) is 0 Å². The van der Waals surface area contributed by atoms with Gasteiger partial charge in [0.25, 0.3) is 0 Å². The summed E-state index contributed by atoms with van der Waals surface area (Å²) in [4.78, 5) is 0. The molecular formula is C21H24N+. The summed E-state index contributed by atoms with van der Waals surface area (Å²) < 4.78 is 2.24. The largest absolute Gasteiger partial charge is 0.220 e. The second-order valence-corrected chi connectivity index (χ2v) is 6.60. The summed E-state index contributed by atoms with van der Waals surface area (Å²) in [6, 6.07) is 15.8. The van der Waals surface area contributed by atoms with Crippen LogP contribution in [-0.2, 0) is 7.05 Å². The molecule has 0 bridgehead atoms. The quantitative estimate of drug-likeness (QED) is 0.580. The third-order valence-electron chi connectivity index (χ3n) is 4.48. The lowest BCUT2D eigenvalue weighted by molar-refractivity contribution is -0.659. The molecule has 1 heterocycles. The van der Waals surface area contributed by atoms with Gasteiger partial charge >= 0.3 is 0 Å². The third kappa shape index (κ3) is 2.52. The summed E-state index contributed by atoms with van der Waals surface area (Å²) in [6.07, 6.45) is 2.17. The molecule has 1 nitrogen and oxygen atoms in total. The number of hydrogen-bond donors (Lipinski definition) is 0. The molecule has 0 fully saturated rings. The van der Waals surface area contributed by atoms with Crippen molar-refractivity contribution in [3.63, 3.8) is 0 Å². The minimum absolute atomic E-state index is 0.558. The Morgan fingerprint density at radius 3 is 2.41 bits per heavy atom. The molecule has 0 saturated heterocycles. The number of nitrogens with zero attached hydrogens (tertiary/aromatic N) is 1. The number of benzene rings is 2. The van der Waals surface area contributed by atoms with Crippen LogP contribution in [0.25, 0.3) is 22.0 Å². The van der Waals surface area contributed by atoms with Gasteiger partial charge in [0.2, 0.25) is 5.69 Å². The molecule has 0 saturated carbocycles. The lowest BCUT2D eigenvalue weighted by Gasteiger charge is -2.11. The molecule has 0 aliphatic heterocycles.